The van der Waals surface area contributed by atoms with E-state index in [4.69, 9.17) is 4.74 Å². The highest BCUT2D eigenvalue weighted by Crippen LogP contribution is 2.27. The number of nitrogens with zero attached hydrogens (tertiary/aromatic N) is 1. The number of likely N-dealkylation sites (tertiary alicyclic amines) is 1. The van der Waals surface area contributed by atoms with Crippen LogP contribution in [0.15, 0.2) is 24.3 Å². The van der Waals surface area contributed by atoms with E-state index in [2.05, 4.69) is 5.32 Å². The molecular weight excluding hydrogens is 247 g/mol. The Morgan fingerprint density at radius 1 is 1.58 bits per heavy atom. The molecule has 0 unspecified atom stereocenters. The highest BCUT2D eigenvalue weighted by molar-refractivity contribution is 5.74. The van der Waals surface area contributed by atoms with Crippen LogP contribution in [0.2, 0.25) is 0 Å². The number of halogens is 1. The first kappa shape index (κ1) is 13.8. The van der Waals surface area contributed by atoms with Crippen molar-refractivity contribution in [1.82, 2.24) is 10.2 Å². The van der Waals surface area contributed by atoms with Gasteiger partial charge in [-0.15, -0.1) is 0 Å². The normalized spacial score (nSPS) is 18.6. The molecule has 1 fully saturated rings. The summed E-state index contributed by atoms with van der Waals surface area (Å²) in [5.41, 5.74) is 0.965. The van der Waals surface area contributed by atoms with E-state index in [1.165, 1.54) is 6.07 Å². The third-order valence-corrected chi connectivity index (χ3v) is 3.38. The molecule has 0 aliphatic carbocycles. The van der Waals surface area contributed by atoms with Gasteiger partial charge in [0.25, 0.3) is 0 Å². The van der Waals surface area contributed by atoms with E-state index in [1.807, 2.05) is 6.07 Å². The third kappa shape index (κ3) is 3.67. The second kappa shape index (κ2) is 6.52. The molecule has 0 spiro atoms. The number of rotatable bonds is 4. The molecule has 5 heteroatoms. The van der Waals surface area contributed by atoms with Gasteiger partial charge in [-0.1, -0.05) is 12.1 Å². The molecule has 4 nitrogen and oxygen atoms in total. The van der Waals surface area contributed by atoms with Crippen molar-refractivity contribution in [1.29, 1.82) is 0 Å². The lowest BCUT2D eigenvalue weighted by Gasteiger charge is -2.17. The molecule has 1 aromatic carbocycles. The van der Waals surface area contributed by atoms with E-state index >= 15 is 0 Å². The quantitative estimate of drug-likeness (QED) is 0.847. The number of nitrogens with one attached hydrogen (secondary N) is 1. The first-order chi connectivity index (χ1) is 9.20. The van der Waals surface area contributed by atoms with Crippen molar-refractivity contribution in [3.8, 4) is 0 Å². The number of hydrogen-bond donors (Lipinski definition) is 1. The van der Waals surface area contributed by atoms with Crippen molar-refractivity contribution >= 4 is 6.03 Å². The van der Waals surface area contributed by atoms with Crippen LogP contribution in [0.3, 0.4) is 0 Å². The number of carbonyl (C=O) groups is 1. The predicted molar refractivity (Wildman–Crippen MR) is 70.6 cm³/mol. The number of methoxy groups -OCH3 is 1. The van der Waals surface area contributed by atoms with Crippen LogP contribution in [-0.4, -0.2) is 44.3 Å². The maximum absolute atomic E-state index is 13.2. The van der Waals surface area contributed by atoms with Crippen LogP contribution in [0.5, 0.6) is 0 Å². The van der Waals surface area contributed by atoms with Crippen molar-refractivity contribution in [2.45, 2.75) is 12.3 Å². The van der Waals surface area contributed by atoms with Gasteiger partial charge in [-0.05, 0) is 24.1 Å². The SMILES string of the molecule is COCCNC(=O)N1CC[C@@H](c2cccc(F)c2)C1. The number of benzene rings is 1. The number of carbonyl (C=O) groups excluding carboxylic acids is 1. The molecular formula is C14H19FN2O2. The molecule has 1 aliphatic rings. The summed E-state index contributed by atoms with van der Waals surface area (Å²) in [5, 5.41) is 2.80. The summed E-state index contributed by atoms with van der Waals surface area (Å²) in [5.74, 6) is 0.00405. The van der Waals surface area contributed by atoms with Gasteiger partial charge in [0, 0.05) is 32.7 Å². The lowest BCUT2D eigenvalue weighted by Crippen LogP contribution is -2.39. The minimum atomic E-state index is -0.222. The first-order valence-electron chi connectivity index (χ1n) is 6.48. The average Bonchev–Trinajstić information content (AvgIpc) is 2.88. The van der Waals surface area contributed by atoms with Crippen LogP contribution in [0.1, 0.15) is 17.9 Å². The van der Waals surface area contributed by atoms with Gasteiger partial charge in [0.2, 0.25) is 0 Å². The lowest BCUT2D eigenvalue weighted by molar-refractivity contribution is 0.185. The lowest BCUT2D eigenvalue weighted by atomic mass is 9.98. The fourth-order valence-electron chi connectivity index (χ4n) is 2.35. The second-order valence-electron chi connectivity index (χ2n) is 4.71. The Morgan fingerprint density at radius 2 is 2.42 bits per heavy atom. The van der Waals surface area contributed by atoms with Gasteiger partial charge in [-0.25, -0.2) is 9.18 Å². The zero-order chi connectivity index (χ0) is 13.7. The number of hydrogen-bond acceptors (Lipinski definition) is 2. The summed E-state index contributed by atoms with van der Waals surface area (Å²) in [7, 11) is 1.60. The van der Waals surface area contributed by atoms with Crippen molar-refractivity contribution < 1.29 is 13.9 Å². The van der Waals surface area contributed by atoms with E-state index in [0.29, 0.717) is 26.2 Å². The summed E-state index contributed by atoms with van der Waals surface area (Å²) in [6.07, 6.45) is 0.876. The van der Waals surface area contributed by atoms with Crippen molar-refractivity contribution in [2.24, 2.45) is 0 Å². The summed E-state index contributed by atoms with van der Waals surface area (Å²) >= 11 is 0. The minimum absolute atomic E-state index is 0.0732. The molecule has 0 bridgehead atoms. The molecule has 2 amide bonds. The van der Waals surface area contributed by atoms with Gasteiger partial charge < -0.3 is 15.0 Å². The molecule has 0 saturated carbocycles. The number of urea groups is 1. The fraction of sp³-hybridized carbons (Fsp3) is 0.500. The molecule has 0 aromatic heterocycles. The van der Waals surface area contributed by atoms with Gasteiger partial charge in [0.1, 0.15) is 5.82 Å². The Kier molecular flexibility index (Phi) is 4.74. The highest BCUT2D eigenvalue weighted by atomic mass is 19.1. The molecule has 1 heterocycles. The molecule has 1 aromatic rings. The Morgan fingerprint density at radius 3 is 3.16 bits per heavy atom. The highest BCUT2D eigenvalue weighted by Gasteiger charge is 2.27. The van der Waals surface area contributed by atoms with Gasteiger partial charge in [-0.2, -0.15) is 0 Å². The van der Waals surface area contributed by atoms with Crippen molar-refractivity contribution in [3.05, 3.63) is 35.6 Å². The zero-order valence-electron chi connectivity index (χ0n) is 11.1. The predicted octanol–water partition coefficient (Wildman–Crippen LogP) is 1.97. The van der Waals surface area contributed by atoms with E-state index in [9.17, 15) is 9.18 Å². The molecule has 1 aliphatic heterocycles. The Hall–Kier alpha value is -1.62. The van der Waals surface area contributed by atoms with Gasteiger partial charge in [-0.3, -0.25) is 0 Å². The number of ether oxygens (including phenoxy) is 1. The number of amides is 2. The molecule has 19 heavy (non-hydrogen) atoms. The van der Waals surface area contributed by atoms with Crippen LogP contribution in [0.4, 0.5) is 9.18 Å². The standard InChI is InChI=1S/C14H19FN2O2/c1-19-8-6-16-14(18)17-7-5-12(10-17)11-3-2-4-13(15)9-11/h2-4,9,12H,5-8,10H2,1H3,(H,16,18)/t12-/m1/s1. The monoisotopic (exact) mass is 266 g/mol. The molecule has 1 N–H and O–H groups in total. The maximum atomic E-state index is 13.2. The van der Waals surface area contributed by atoms with Crippen LogP contribution < -0.4 is 5.32 Å². The zero-order valence-corrected chi connectivity index (χ0v) is 11.1. The van der Waals surface area contributed by atoms with Crippen LogP contribution in [0, 0.1) is 5.82 Å². The molecule has 0 radical (unpaired) electrons. The van der Waals surface area contributed by atoms with E-state index in [0.717, 1.165) is 12.0 Å². The molecule has 1 saturated heterocycles. The largest absolute Gasteiger partial charge is 0.383 e. The smallest absolute Gasteiger partial charge is 0.317 e. The van der Waals surface area contributed by atoms with Crippen LogP contribution in [0.25, 0.3) is 0 Å². The van der Waals surface area contributed by atoms with Crippen LogP contribution in [-0.2, 0) is 4.74 Å². The topological polar surface area (TPSA) is 41.6 Å². The first-order valence-corrected chi connectivity index (χ1v) is 6.48. The van der Waals surface area contributed by atoms with Crippen molar-refractivity contribution in [2.75, 3.05) is 33.4 Å². The summed E-state index contributed by atoms with van der Waals surface area (Å²) < 4.78 is 18.1. The van der Waals surface area contributed by atoms with E-state index in [1.54, 1.807) is 24.1 Å². The van der Waals surface area contributed by atoms with Crippen molar-refractivity contribution in [3.63, 3.8) is 0 Å². The van der Waals surface area contributed by atoms with E-state index in [-0.39, 0.29) is 17.8 Å². The summed E-state index contributed by atoms with van der Waals surface area (Å²) in [6, 6.07) is 6.55. The minimum Gasteiger partial charge on any atom is -0.383 e. The van der Waals surface area contributed by atoms with Gasteiger partial charge in [0.05, 0.1) is 6.61 Å². The fourth-order valence-corrected chi connectivity index (χ4v) is 2.35. The van der Waals surface area contributed by atoms with Gasteiger partial charge >= 0.3 is 6.03 Å². The molecule has 2 rings (SSSR count). The summed E-state index contributed by atoms with van der Waals surface area (Å²) in [4.78, 5) is 13.6. The maximum Gasteiger partial charge on any atom is 0.317 e. The second-order valence-corrected chi connectivity index (χ2v) is 4.71. The average molecular weight is 266 g/mol. The van der Waals surface area contributed by atoms with Crippen LogP contribution >= 0.6 is 0 Å². The molecule has 1 atom stereocenters. The Balaban J connectivity index is 1.87. The Bertz CT molecular complexity index is 439. The third-order valence-electron chi connectivity index (χ3n) is 3.38. The molecule has 104 valence electrons. The van der Waals surface area contributed by atoms with Gasteiger partial charge in [0.15, 0.2) is 0 Å². The Labute approximate surface area is 112 Å². The van der Waals surface area contributed by atoms with E-state index < -0.39 is 0 Å². The summed E-state index contributed by atoms with van der Waals surface area (Å²) in [6.45, 7) is 2.37.